The van der Waals surface area contributed by atoms with Gasteiger partial charge in [0.25, 0.3) is 0 Å². The van der Waals surface area contributed by atoms with Gasteiger partial charge in [-0.15, -0.1) is 11.3 Å². The van der Waals surface area contributed by atoms with Gasteiger partial charge in [-0.05, 0) is 31.2 Å². The molecule has 29 heavy (non-hydrogen) atoms. The van der Waals surface area contributed by atoms with Gasteiger partial charge in [0, 0.05) is 17.3 Å². The second-order valence-electron chi connectivity index (χ2n) is 6.38. The van der Waals surface area contributed by atoms with Crippen molar-refractivity contribution in [1.29, 1.82) is 0 Å². The fourth-order valence-corrected chi connectivity index (χ4v) is 4.60. The molecule has 0 saturated carbocycles. The number of pyridine rings is 1. The summed E-state index contributed by atoms with van der Waals surface area (Å²) in [5.41, 5.74) is 4.61. The normalized spacial score (nSPS) is 11.2. The third kappa shape index (κ3) is 2.93. The van der Waals surface area contributed by atoms with Crippen LogP contribution in [-0.2, 0) is 0 Å². The van der Waals surface area contributed by atoms with Crippen molar-refractivity contribution in [2.24, 2.45) is 0 Å². The Bertz CT molecular complexity index is 1360. The first-order chi connectivity index (χ1) is 14.2. The molecule has 0 unspecified atom stereocenters. The number of rotatable bonds is 4. The maximum atomic E-state index is 11.3. The molecule has 4 heterocycles. The molecule has 0 bridgehead atoms. The summed E-state index contributed by atoms with van der Waals surface area (Å²) in [7, 11) is 0. The van der Waals surface area contributed by atoms with Gasteiger partial charge in [-0.3, -0.25) is 9.89 Å². The third-order valence-corrected chi connectivity index (χ3v) is 5.98. The van der Waals surface area contributed by atoms with Crippen molar-refractivity contribution in [3.8, 4) is 32.5 Å². The minimum atomic E-state index is 0.504. The van der Waals surface area contributed by atoms with Crippen LogP contribution in [0.1, 0.15) is 16.1 Å². The van der Waals surface area contributed by atoms with Crippen molar-refractivity contribution < 1.29 is 4.79 Å². The molecule has 5 aromatic rings. The Balaban J connectivity index is 1.79. The number of carbonyl (C=O) groups excluding carboxylic acids is 1. The van der Waals surface area contributed by atoms with Crippen molar-refractivity contribution >= 4 is 34.7 Å². The first kappa shape index (κ1) is 17.7. The molecule has 9 heteroatoms. The van der Waals surface area contributed by atoms with E-state index in [1.165, 1.54) is 17.7 Å². The topological polar surface area (TPSA) is 88.8 Å². The number of nitrogens with zero attached hydrogens (tertiary/aromatic N) is 5. The number of benzene rings is 1. The fourth-order valence-electron chi connectivity index (χ4n) is 3.26. The first-order valence-electron chi connectivity index (χ1n) is 8.71. The molecule has 1 N–H and O–H groups in total. The zero-order valence-electron chi connectivity index (χ0n) is 15.1. The summed E-state index contributed by atoms with van der Waals surface area (Å²) in [6.45, 7) is 1.96. The van der Waals surface area contributed by atoms with E-state index < -0.39 is 0 Å². The molecule has 0 aliphatic rings. The monoisotopic (exact) mass is 420 g/mol. The quantitative estimate of drug-likeness (QED) is 0.426. The van der Waals surface area contributed by atoms with Gasteiger partial charge in [-0.1, -0.05) is 23.7 Å². The fraction of sp³-hybridized carbons (Fsp3) is 0.0500. The Labute approximate surface area is 174 Å². The van der Waals surface area contributed by atoms with Crippen LogP contribution in [0.5, 0.6) is 0 Å². The predicted octanol–water partition coefficient (Wildman–Crippen LogP) is 4.68. The molecule has 0 aliphatic carbocycles. The van der Waals surface area contributed by atoms with Crippen LogP contribution in [0.3, 0.4) is 0 Å². The van der Waals surface area contributed by atoms with Crippen molar-refractivity contribution in [1.82, 2.24) is 29.8 Å². The van der Waals surface area contributed by atoms with Gasteiger partial charge >= 0.3 is 0 Å². The number of thiazole rings is 1. The summed E-state index contributed by atoms with van der Waals surface area (Å²) in [6, 6.07) is 11.0. The first-order valence-corrected chi connectivity index (χ1v) is 9.91. The second-order valence-corrected chi connectivity index (χ2v) is 7.79. The molecule has 0 amide bonds. The van der Waals surface area contributed by atoms with Crippen molar-refractivity contribution in [3.63, 3.8) is 0 Å². The zero-order chi connectivity index (χ0) is 20.0. The number of hydrogen-bond acceptors (Lipinski definition) is 6. The highest BCUT2D eigenvalue weighted by Gasteiger charge is 2.23. The van der Waals surface area contributed by atoms with E-state index >= 15 is 0 Å². The highest BCUT2D eigenvalue weighted by atomic mass is 35.5. The number of aromatic nitrogens is 6. The van der Waals surface area contributed by atoms with Gasteiger partial charge in [0.2, 0.25) is 0 Å². The summed E-state index contributed by atoms with van der Waals surface area (Å²) < 4.78 is 1.83. The zero-order valence-corrected chi connectivity index (χ0v) is 16.7. The molecule has 142 valence electrons. The molecule has 0 fully saturated rings. The van der Waals surface area contributed by atoms with Crippen LogP contribution < -0.4 is 0 Å². The average Bonchev–Trinajstić information content (AvgIpc) is 3.45. The minimum Gasteiger partial charge on any atom is -0.298 e. The maximum absolute atomic E-state index is 11.3. The van der Waals surface area contributed by atoms with E-state index in [2.05, 4.69) is 20.3 Å². The van der Waals surface area contributed by atoms with Crippen LogP contribution in [0.4, 0.5) is 0 Å². The number of carbonyl (C=O) groups is 1. The van der Waals surface area contributed by atoms with Crippen molar-refractivity contribution in [3.05, 3.63) is 65.2 Å². The van der Waals surface area contributed by atoms with Crippen LogP contribution in [0.2, 0.25) is 5.02 Å². The highest BCUT2D eigenvalue weighted by Crippen LogP contribution is 2.43. The molecule has 0 saturated heterocycles. The molecule has 5 rings (SSSR count). The number of H-pyrrole nitrogens is 1. The van der Waals surface area contributed by atoms with Gasteiger partial charge in [0.05, 0.1) is 32.4 Å². The Kier molecular flexibility index (Phi) is 4.22. The molecule has 0 aliphatic heterocycles. The standard InChI is InChI=1S/C20H13ClN6OS/c1-11-16(15-4-2-3-7-27(15)26-11)20-24-17(18(29-20)19-22-10-23-25-19)13-8-12(9-28)5-6-14(13)21/h2-10H,1H3,(H,22,23,25). The summed E-state index contributed by atoms with van der Waals surface area (Å²) in [6.07, 6.45) is 4.14. The predicted molar refractivity (Wildman–Crippen MR) is 112 cm³/mol. The number of hydrogen-bond donors (Lipinski definition) is 1. The molecule has 4 aromatic heterocycles. The SMILES string of the molecule is Cc1nn2ccccc2c1-c1nc(-c2cc(C=O)ccc2Cl)c(-c2ncn[nH]2)s1. The lowest BCUT2D eigenvalue weighted by Gasteiger charge is -2.04. The summed E-state index contributed by atoms with van der Waals surface area (Å²) >= 11 is 7.94. The molecule has 0 radical (unpaired) electrons. The molecule has 1 aromatic carbocycles. The lowest BCUT2D eigenvalue weighted by Crippen LogP contribution is -1.88. The number of aldehydes is 1. The van der Waals surface area contributed by atoms with Gasteiger partial charge in [-0.2, -0.15) is 10.2 Å². The number of aromatic amines is 1. The van der Waals surface area contributed by atoms with E-state index in [0.29, 0.717) is 27.7 Å². The van der Waals surface area contributed by atoms with Crippen LogP contribution in [0.25, 0.3) is 38.0 Å². The summed E-state index contributed by atoms with van der Waals surface area (Å²) in [5, 5.41) is 12.7. The van der Waals surface area contributed by atoms with E-state index in [1.54, 1.807) is 18.2 Å². The lowest BCUT2D eigenvalue weighted by molar-refractivity contribution is 0.112. The highest BCUT2D eigenvalue weighted by molar-refractivity contribution is 7.19. The van der Waals surface area contributed by atoms with Crippen molar-refractivity contribution in [2.75, 3.05) is 0 Å². The van der Waals surface area contributed by atoms with E-state index in [4.69, 9.17) is 16.6 Å². The van der Waals surface area contributed by atoms with Crippen LogP contribution in [0.15, 0.2) is 48.9 Å². The van der Waals surface area contributed by atoms with Crippen molar-refractivity contribution in [2.45, 2.75) is 6.92 Å². The Morgan fingerprint density at radius 1 is 1.24 bits per heavy atom. The van der Waals surface area contributed by atoms with Gasteiger partial charge in [-0.25, -0.2) is 14.5 Å². The maximum Gasteiger partial charge on any atom is 0.167 e. The lowest BCUT2D eigenvalue weighted by atomic mass is 10.1. The van der Waals surface area contributed by atoms with Crippen LogP contribution >= 0.6 is 22.9 Å². The molecular formula is C20H13ClN6OS. The van der Waals surface area contributed by atoms with E-state index in [0.717, 1.165) is 32.9 Å². The number of halogens is 1. The van der Waals surface area contributed by atoms with E-state index in [1.807, 2.05) is 35.8 Å². The average molecular weight is 421 g/mol. The number of aryl methyl sites for hydroxylation is 1. The molecule has 0 atom stereocenters. The molecule has 7 nitrogen and oxygen atoms in total. The van der Waals surface area contributed by atoms with Gasteiger partial charge in [0.15, 0.2) is 5.82 Å². The molecule has 0 spiro atoms. The Morgan fingerprint density at radius 2 is 2.14 bits per heavy atom. The second kappa shape index (κ2) is 6.91. The summed E-state index contributed by atoms with van der Waals surface area (Å²) in [4.78, 5) is 21.3. The largest absolute Gasteiger partial charge is 0.298 e. The summed E-state index contributed by atoms with van der Waals surface area (Å²) in [5.74, 6) is 0.588. The molecular weight excluding hydrogens is 408 g/mol. The van der Waals surface area contributed by atoms with Gasteiger partial charge in [0.1, 0.15) is 17.6 Å². The number of fused-ring (bicyclic) bond motifs is 1. The smallest absolute Gasteiger partial charge is 0.167 e. The number of nitrogens with one attached hydrogen (secondary N) is 1. The van der Waals surface area contributed by atoms with E-state index in [-0.39, 0.29) is 0 Å². The Morgan fingerprint density at radius 3 is 2.93 bits per heavy atom. The third-order valence-electron chi connectivity index (χ3n) is 4.57. The Hall–Kier alpha value is -3.36. The van der Waals surface area contributed by atoms with Crippen LogP contribution in [0, 0.1) is 6.92 Å². The minimum absolute atomic E-state index is 0.504. The van der Waals surface area contributed by atoms with Gasteiger partial charge < -0.3 is 0 Å². The van der Waals surface area contributed by atoms with Crippen LogP contribution in [-0.4, -0.2) is 36.1 Å². The van der Waals surface area contributed by atoms with E-state index in [9.17, 15) is 4.79 Å².